The molecule has 2 aliphatic rings. The molecule has 1 amide bonds. The fourth-order valence-corrected chi connectivity index (χ4v) is 4.67. The Morgan fingerprint density at radius 1 is 1.25 bits per heavy atom. The van der Waals surface area contributed by atoms with Gasteiger partial charge in [-0.05, 0) is 53.8 Å². The number of carbonyl (C=O) groups excluding carboxylic acids is 1. The molecule has 1 heterocycles. The van der Waals surface area contributed by atoms with E-state index in [1.807, 2.05) is 0 Å². The number of hydrogen-bond donors (Lipinski definition) is 0. The minimum Gasteiger partial charge on any atom is -0.496 e. The Morgan fingerprint density at radius 3 is 2.42 bits per heavy atom. The maximum atomic E-state index is 13.0. The molecule has 0 aromatic heterocycles. The van der Waals surface area contributed by atoms with Crippen molar-refractivity contribution < 1.29 is 27.4 Å². The van der Waals surface area contributed by atoms with Crippen molar-refractivity contribution >= 4 is 28.5 Å². The Balaban J connectivity index is 2.12. The summed E-state index contributed by atoms with van der Waals surface area (Å²) in [6.07, 6.45) is -2.97. The van der Waals surface area contributed by atoms with Crippen LogP contribution >= 0.6 is 22.6 Å². The molecular formula is C16H17F3INO3. The highest BCUT2D eigenvalue weighted by molar-refractivity contribution is 14.1. The lowest BCUT2D eigenvalue weighted by Crippen LogP contribution is -2.56. The first kappa shape index (κ1) is 17.6. The number of likely N-dealkylation sites (tertiary alicyclic amines) is 1. The number of rotatable bonds is 3. The molecule has 24 heavy (non-hydrogen) atoms. The summed E-state index contributed by atoms with van der Waals surface area (Å²) in [6.45, 7) is 0.120. The number of benzene rings is 1. The van der Waals surface area contributed by atoms with Gasteiger partial charge in [-0.1, -0.05) is 0 Å². The molecule has 8 heteroatoms. The molecule has 1 aromatic carbocycles. The quantitative estimate of drug-likeness (QED) is 0.653. The molecule has 0 spiro atoms. The SMILES string of the molecule is COc1cc(OC)c([C@]23CC[C@H]2CCN3C(=O)C(F)(F)F)cc1I. The zero-order valence-electron chi connectivity index (χ0n) is 13.2. The number of amides is 1. The van der Waals surface area contributed by atoms with Gasteiger partial charge in [-0.2, -0.15) is 13.2 Å². The Kier molecular flexibility index (Phi) is 4.38. The van der Waals surface area contributed by atoms with Crippen LogP contribution < -0.4 is 9.47 Å². The van der Waals surface area contributed by atoms with Gasteiger partial charge < -0.3 is 14.4 Å². The van der Waals surface area contributed by atoms with Gasteiger partial charge >= 0.3 is 12.1 Å². The maximum absolute atomic E-state index is 13.0. The van der Waals surface area contributed by atoms with Crippen molar-refractivity contribution in [3.05, 3.63) is 21.3 Å². The van der Waals surface area contributed by atoms with E-state index in [0.717, 1.165) is 14.9 Å². The van der Waals surface area contributed by atoms with Crippen molar-refractivity contribution in [1.82, 2.24) is 4.90 Å². The molecule has 4 nitrogen and oxygen atoms in total. The molecule has 1 aromatic rings. The first-order valence-corrected chi connectivity index (χ1v) is 8.64. The summed E-state index contributed by atoms with van der Waals surface area (Å²) in [7, 11) is 3.00. The summed E-state index contributed by atoms with van der Waals surface area (Å²) in [5, 5.41) is 0. The van der Waals surface area contributed by atoms with Crippen LogP contribution in [0.15, 0.2) is 12.1 Å². The minimum atomic E-state index is -4.87. The second-order valence-corrected chi connectivity index (χ2v) is 7.25. The molecule has 2 atom stereocenters. The summed E-state index contributed by atoms with van der Waals surface area (Å²) >= 11 is 2.08. The molecule has 0 unspecified atom stereocenters. The highest BCUT2D eigenvalue weighted by Crippen LogP contribution is 2.60. The average Bonchev–Trinajstić information content (AvgIpc) is 2.76. The van der Waals surface area contributed by atoms with Crippen molar-refractivity contribution in [2.45, 2.75) is 31.0 Å². The van der Waals surface area contributed by atoms with Gasteiger partial charge in [0.2, 0.25) is 0 Å². The van der Waals surface area contributed by atoms with Crippen LogP contribution in [0.25, 0.3) is 0 Å². The number of nitrogens with zero attached hydrogens (tertiary/aromatic N) is 1. The number of alkyl halides is 3. The monoisotopic (exact) mass is 455 g/mol. The normalized spacial score (nSPS) is 25.9. The van der Waals surface area contributed by atoms with E-state index < -0.39 is 17.6 Å². The third-order valence-corrected chi connectivity index (χ3v) is 6.00. The van der Waals surface area contributed by atoms with Crippen LogP contribution in [0.2, 0.25) is 0 Å². The Hall–Kier alpha value is -1.19. The number of ether oxygens (including phenoxy) is 2. The van der Waals surface area contributed by atoms with Crippen LogP contribution in [0.5, 0.6) is 11.5 Å². The third-order valence-electron chi connectivity index (χ3n) is 5.16. The van der Waals surface area contributed by atoms with Gasteiger partial charge in [0.1, 0.15) is 11.5 Å². The smallest absolute Gasteiger partial charge is 0.471 e. The lowest BCUT2D eigenvalue weighted by molar-refractivity contribution is -0.194. The Labute approximate surface area is 151 Å². The first-order chi connectivity index (χ1) is 11.3. The number of hydrogen-bond acceptors (Lipinski definition) is 3. The van der Waals surface area contributed by atoms with E-state index in [0.29, 0.717) is 29.9 Å². The van der Waals surface area contributed by atoms with Gasteiger partial charge in [0.05, 0.1) is 23.3 Å². The Morgan fingerprint density at radius 2 is 1.92 bits per heavy atom. The molecule has 132 valence electrons. The van der Waals surface area contributed by atoms with Crippen LogP contribution in [0, 0.1) is 9.49 Å². The van der Waals surface area contributed by atoms with Crippen molar-refractivity contribution in [3.63, 3.8) is 0 Å². The molecule has 3 rings (SSSR count). The molecule has 0 bridgehead atoms. The van der Waals surface area contributed by atoms with E-state index in [-0.39, 0.29) is 12.5 Å². The fraction of sp³-hybridized carbons (Fsp3) is 0.562. The van der Waals surface area contributed by atoms with E-state index in [2.05, 4.69) is 22.6 Å². The topological polar surface area (TPSA) is 38.8 Å². The summed E-state index contributed by atoms with van der Waals surface area (Å²) < 4.78 is 50.6. The van der Waals surface area contributed by atoms with E-state index in [4.69, 9.17) is 9.47 Å². The molecule has 0 radical (unpaired) electrons. The number of halogens is 4. The fourth-order valence-electron chi connectivity index (χ4n) is 3.98. The third kappa shape index (κ3) is 2.44. The maximum Gasteiger partial charge on any atom is 0.471 e. The van der Waals surface area contributed by atoms with E-state index in [1.165, 1.54) is 14.2 Å². The van der Waals surface area contributed by atoms with Crippen molar-refractivity contribution in [2.75, 3.05) is 20.8 Å². The lowest BCUT2D eigenvalue weighted by Gasteiger charge is -2.50. The van der Waals surface area contributed by atoms with Crippen LogP contribution in [-0.4, -0.2) is 37.7 Å². The van der Waals surface area contributed by atoms with Gasteiger partial charge in [0.15, 0.2) is 0 Å². The van der Waals surface area contributed by atoms with Crippen molar-refractivity contribution in [2.24, 2.45) is 5.92 Å². The summed E-state index contributed by atoms with van der Waals surface area (Å²) in [6, 6.07) is 3.46. The molecule has 1 saturated carbocycles. The van der Waals surface area contributed by atoms with Gasteiger partial charge in [-0.25, -0.2) is 0 Å². The zero-order chi connectivity index (χ0) is 17.7. The number of fused-ring (bicyclic) bond motifs is 1. The van der Waals surface area contributed by atoms with E-state index >= 15 is 0 Å². The number of carbonyl (C=O) groups is 1. The average molecular weight is 455 g/mol. The molecular weight excluding hydrogens is 438 g/mol. The standard InChI is InChI=1S/C16H17F3INO3/c1-23-12-8-13(24-2)11(20)7-10(12)15-5-3-9(15)4-6-21(15)14(22)16(17,18)19/h7-9H,3-6H2,1-2H3/t9-,15-/m0/s1. The van der Waals surface area contributed by atoms with E-state index in [9.17, 15) is 18.0 Å². The van der Waals surface area contributed by atoms with Crippen LogP contribution in [0.3, 0.4) is 0 Å². The van der Waals surface area contributed by atoms with Crippen LogP contribution in [-0.2, 0) is 10.3 Å². The summed E-state index contributed by atoms with van der Waals surface area (Å²) in [4.78, 5) is 13.0. The molecule has 0 N–H and O–H groups in total. The second-order valence-electron chi connectivity index (χ2n) is 6.09. The van der Waals surface area contributed by atoms with Gasteiger partial charge in [0.25, 0.3) is 0 Å². The number of methoxy groups -OCH3 is 2. The predicted molar refractivity (Wildman–Crippen MR) is 89.1 cm³/mol. The Bertz CT molecular complexity index is 679. The van der Waals surface area contributed by atoms with Gasteiger partial charge in [-0.15, -0.1) is 0 Å². The molecule has 1 saturated heterocycles. The molecule has 1 aliphatic heterocycles. The van der Waals surface area contributed by atoms with Crippen molar-refractivity contribution in [1.29, 1.82) is 0 Å². The van der Waals surface area contributed by atoms with Gasteiger partial charge in [-0.3, -0.25) is 4.79 Å². The molecule has 2 fully saturated rings. The lowest BCUT2D eigenvalue weighted by atomic mass is 9.63. The zero-order valence-corrected chi connectivity index (χ0v) is 15.4. The van der Waals surface area contributed by atoms with Crippen molar-refractivity contribution in [3.8, 4) is 11.5 Å². The highest BCUT2D eigenvalue weighted by atomic mass is 127. The van der Waals surface area contributed by atoms with E-state index in [1.54, 1.807) is 12.1 Å². The van der Waals surface area contributed by atoms with Crippen LogP contribution in [0.1, 0.15) is 24.8 Å². The largest absolute Gasteiger partial charge is 0.496 e. The molecule has 1 aliphatic carbocycles. The van der Waals surface area contributed by atoms with Gasteiger partial charge in [0, 0.05) is 18.2 Å². The minimum absolute atomic E-state index is 0.0295. The highest BCUT2D eigenvalue weighted by Gasteiger charge is 2.62. The van der Waals surface area contributed by atoms with Crippen LogP contribution in [0.4, 0.5) is 13.2 Å². The second kappa shape index (κ2) is 5.96. The summed E-state index contributed by atoms with van der Waals surface area (Å²) in [5.41, 5.74) is -0.286. The summed E-state index contributed by atoms with van der Waals surface area (Å²) in [5.74, 6) is -0.687. The first-order valence-electron chi connectivity index (χ1n) is 7.56. The predicted octanol–water partition coefficient (Wildman–Crippen LogP) is 3.71.